The molecule has 0 fully saturated rings. The van der Waals surface area contributed by atoms with E-state index in [1.807, 2.05) is 24.4 Å². The van der Waals surface area contributed by atoms with Gasteiger partial charge in [-0.2, -0.15) is 0 Å². The van der Waals surface area contributed by atoms with Crippen molar-refractivity contribution < 1.29 is 9.47 Å². The van der Waals surface area contributed by atoms with Crippen LogP contribution in [0.25, 0.3) is 11.1 Å². The van der Waals surface area contributed by atoms with Crippen LogP contribution in [-0.4, -0.2) is 24.3 Å². The van der Waals surface area contributed by atoms with Gasteiger partial charge in [-0.3, -0.25) is 4.79 Å². The molecule has 0 radical (unpaired) electrons. The maximum Gasteiger partial charge on any atom is 0.250 e. The van der Waals surface area contributed by atoms with Crippen LogP contribution < -0.4 is 20.8 Å². The molecule has 0 unspecified atom stereocenters. The van der Waals surface area contributed by atoms with Gasteiger partial charge in [0, 0.05) is 25.4 Å². The van der Waals surface area contributed by atoms with Gasteiger partial charge in [0.2, 0.25) is 0 Å². The Labute approximate surface area is 116 Å². The molecule has 0 bridgehead atoms. The minimum Gasteiger partial charge on any atom is -0.486 e. The second-order valence-electron chi connectivity index (χ2n) is 4.60. The van der Waals surface area contributed by atoms with E-state index in [2.05, 4.69) is 0 Å². The van der Waals surface area contributed by atoms with Crippen molar-refractivity contribution in [1.29, 1.82) is 0 Å². The maximum absolute atomic E-state index is 11.7. The van der Waals surface area contributed by atoms with Gasteiger partial charge in [-0.1, -0.05) is 6.07 Å². The van der Waals surface area contributed by atoms with Crippen molar-refractivity contribution in [2.45, 2.75) is 6.54 Å². The maximum atomic E-state index is 11.7. The summed E-state index contributed by atoms with van der Waals surface area (Å²) in [5.41, 5.74) is 7.41. The van der Waals surface area contributed by atoms with Crippen molar-refractivity contribution in [3.05, 3.63) is 46.9 Å². The standard InChI is InChI=1S/C15H16N2O3/c16-5-6-17-10-12(2-4-15(17)18)11-1-3-13-14(9-11)20-8-7-19-13/h1-4,9-10H,5-8,16H2. The summed E-state index contributed by atoms with van der Waals surface area (Å²) in [6, 6.07) is 9.14. The molecule has 2 aromatic rings. The number of hydrogen-bond donors (Lipinski definition) is 1. The molecule has 2 N–H and O–H groups in total. The first-order valence-electron chi connectivity index (χ1n) is 6.58. The molecule has 0 saturated heterocycles. The smallest absolute Gasteiger partial charge is 0.250 e. The van der Waals surface area contributed by atoms with Gasteiger partial charge < -0.3 is 19.8 Å². The summed E-state index contributed by atoms with van der Waals surface area (Å²) in [5, 5.41) is 0. The third kappa shape index (κ3) is 2.40. The Hall–Kier alpha value is -2.27. The fourth-order valence-corrected chi connectivity index (χ4v) is 2.24. The summed E-state index contributed by atoms with van der Waals surface area (Å²) >= 11 is 0. The van der Waals surface area contributed by atoms with Crippen molar-refractivity contribution in [1.82, 2.24) is 4.57 Å². The van der Waals surface area contributed by atoms with E-state index in [1.54, 1.807) is 16.7 Å². The number of benzene rings is 1. The SMILES string of the molecule is NCCn1cc(-c2ccc3c(c2)OCCO3)ccc1=O. The minimum atomic E-state index is -0.0447. The highest BCUT2D eigenvalue weighted by Gasteiger charge is 2.12. The van der Waals surface area contributed by atoms with Crippen LogP contribution in [0.3, 0.4) is 0 Å². The molecular formula is C15H16N2O3. The largest absolute Gasteiger partial charge is 0.486 e. The molecule has 0 saturated carbocycles. The van der Waals surface area contributed by atoms with E-state index in [4.69, 9.17) is 15.2 Å². The normalized spacial score (nSPS) is 13.2. The average molecular weight is 272 g/mol. The second kappa shape index (κ2) is 5.38. The summed E-state index contributed by atoms with van der Waals surface area (Å²) in [6.07, 6.45) is 1.82. The molecule has 0 spiro atoms. The first kappa shape index (κ1) is 12.7. The Morgan fingerprint density at radius 3 is 2.60 bits per heavy atom. The predicted octanol–water partition coefficient (Wildman–Crippen LogP) is 1.25. The lowest BCUT2D eigenvalue weighted by molar-refractivity contribution is 0.171. The van der Waals surface area contributed by atoms with Gasteiger partial charge in [0.05, 0.1) is 0 Å². The van der Waals surface area contributed by atoms with E-state index in [9.17, 15) is 4.79 Å². The summed E-state index contributed by atoms with van der Waals surface area (Å²) in [4.78, 5) is 11.7. The summed E-state index contributed by atoms with van der Waals surface area (Å²) in [6.45, 7) is 2.08. The molecule has 1 aliphatic heterocycles. The fraction of sp³-hybridized carbons (Fsp3) is 0.267. The zero-order valence-electron chi connectivity index (χ0n) is 11.0. The van der Waals surface area contributed by atoms with E-state index >= 15 is 0 Å². The van der Waals surface area contributed by atoms with Crippen molar-refractivity contribution in [2.24, 2.45) is 5.73 Å². The Balaban J connectivity index is 2.00. The number of ether oxygens (including phenoxy) is 2. The van der Waals surface area contributed by atoms with Gasteiger partial charge in [0.1, 0.15) is 13.2 Å². The van der Waals surface area contributed by atoms with Gasteiger partial charge in [-0.15, -0.1) is 0 Å². The molecule has 0 amide bonds. The third-order valence-electron chi connectivity index (χ3n) is 3.23. The summed E-state index contributed by atoms with van der Waals surface area (Å²) in [7, 11) is 0. The van der Waals surface area contributed by atoms with Gasteiger partial charge >= 0.3 is 0 Å². The molecule has 1 aliphatic rings. The number of hydrogen-bond acceptors (Lipinski definition) is 4. The van der Waals surface area contributed by atoms with Crippen LogP contribution in [0.4, 0.5) is 0 Å². The third-order valence-corrected chi connectivity index (χ3v) is 3.23. The number of rotatable bonds is 3. The molecule has 20 heavy (non-hydrogen) atoms. The zero-order valence-corrected chi connectivity index (χ0v) is 11.0. The topological polar surface area (TPSA) is 66.5 Å². The second-order valence-corrected chi connectivity index (χ2v) is 4.60. The molecule has 1 aromatic heterocycles. The van der Waals surface area contributed by atoms with Gasteiger partial charge in [-0.05, 0) is 29.3 Å². The Morgan fingerprint density at radius 2 is 1.80 bits per heavy atom. The first-order chi connectivity index (χ1) is 9.78. The number of pyridine rings is 1. The number of fused-ring (bicyclic) bond motifs is 1. The van der Waals surface area contributed by atoms with Gasteiger partial charge in [0.15, 0.2) is 11.5 Å². The van der Waals surface area contributed by atoms with Crippen LogP contribution in [-0.2, 0) is 6.54 Å². The van der Waals surface area contributed by atoms with E-state index < -0.39 is 0 Å². The van der Waals surface area contributed by atoms with Crippen molar-refractivity contribution >= 4 is 0 Å². The van der Waals surface area contributed by atoms with Crippen molar-refractivity contribution in [3.8, 4) is 22.6 Å². The minimum absolute atomic E-state index is 0.0447. The highest BCUT2D eigenvalue weighted by molar-refractivity contribution is 5.66. The van der Waals surface area contributed by atoms with Crippen LogP contribution in [0.5, 0.6) is 11.5 Å². The van der Waals surface area contributed by atoms with Crippen LogP contribution in [0, 0.1) is 0 Å². The van der Waals surface area contributed by atoms with Crippen LogP contribution in [0.15, 0.2) is 41.3 Å². The predicted molar refractivity (Wildman–Crippen MR) is 76.2 cm³/mol. The molecule has 1 aromatic carbocycles. The van der Waals surface area contributed by atoms with Crippen LogP contribution in [0.1, 0.15) is 0 Å². The number of aromatic nitrogens is 1. The van der Waals surface area contributed by atoms with Crippen molar-refractivity contribution in [2.75, 3.05) is 19.8 Å². The number of nitrogens with zero attached hydrogens (tertiary/aromatic N) is 1. The number of nitrogens with two attached hydrogens (primary N) is 1. The Morgan fingerprint density at radius 1 is 1.05 bits per heavy atom. The molecular weight excluding hydrogens is 256 g/mol. The van der Waals surface area contributed by atoms with E-state index in [0.29, 0.717) is 26.3 Å². The fourth-order valence-electron chi connectivity index (χ4n) is 2.24. The quantitative estimate of drug-likeness (QED) is 0.913. The van der Waals surface area contributed by atoms with E-state index in [-0.39, 0.29) is 5.56 Å². The Kier molecular flexibility index (Phi) is 3.43. The summed E-state index contributed by atoms with van der Waals surface area (Å²) < 4.78 is 12.7. The molecule has 0 atom stereocenters. The first-order valence-corrected chi connectivity index (χ1v) is 6.58. The zero-order chi connectivity index (χ0) is 13.9. The lowest BCUT2D eigenvalue weighted by atomic mass is 10.1. The van der Waals surface area contributed by atoms with Gasteiger partial charge in [0.25, 0.3) is 5.56 Å². The highest BCUT2D eigenvalue weighted by atomic mass is 16.6. The molecule has 5 nitrogen and oxygen atoms in total. The van der Waals surface area contributed by atoms with E-state index in [1.165, 1.54) is 0 Å². The highest BCUT2D eigenvalue weighted by Crippen LogP contribution is 2.34. The summed E-state index contributed by atoms with van der Waals surface area (Å²) in [5.74, 6) is 1.50. The van der Waals surface area contributed by atoms with Gasteiger partial charge in [-0.25, -0.2) is 0 Å². The average Bonchev–Trinajstić information content (AvgIpc) is 2.49. The Bertz CT molecular complexity index is 679. The van der Waals surface area contributed by atoms with Crippen molar-refractivity contribution in [3.63, 3.8) is 0 Å². The monoisotopic (exact) mass is 272 g/mol. The molecule has 3 rings (SSSR count). The van der Waals surface area contributed by atoms with Crippen LogP contribution >= 0.6 is 0 Å². The lowest BCUT2D eigenvalue weighted by Gasteiger charge is -2.19. The lowest BCUT2D eigenvalue weighted by Crippen LogP contribution is -2.22. The molecule has 104 valence electrons. The molecule has 5 heteroatoms. The van der Waals surface area contributed by atoms with Crippen LogP contribution in [0.2, 0.25) is 0 Å². The molecule has 0 aliphatic carbocycles. The van der Waals surface area contributed by atoms with E-state index in [0.717, 1.165) is 22.6 Å². The molecule has 2 heterocycles.